The van der Waals surface area contributed by atoms with E-state index in [2.05, 4.69) is 22.6 Å². The van der Waals surface area contributed by atoms with E-state index >= 15 is 0 Å². The van der Waals surface area contributed by atoms with E-state index in [-0.39, 0.29) is 0 Å². The summed E-state index contributed by atoms with van der Waals surface area (Å²) in [5, 5.41) is 18.5. The molecule has 0 aromatic heterocycles. The molecule has 1 aromatic rings. The molecule has 0 fully saturated rings. The van der Waals surface area contributed by atoms with Crippen LogP contribution in [0.5, 0.6) is 0 Å². The lowest BCUT2D eigenvalue weighted by atomic mass is 10.1. The molecule has 1 rings (SSSR count). The summed E-state index contributed by atoms with van der Waals surface area (Å²) in [7, 11) is 0. The third-order valence-corrected chi connectivity index (χ3v) is 2.39. The molecule has 0 unspecified atom stereocenters. The van der Waals surface area contributed by atoms with Gasteiger partial charge in [0.25, 0.3) is 0 Å². The second kappa shape index (κ2) is 4.20. The van der Waals surface area contributed by atoms with Crippen LogP contribution in [0.1, 0.15) is 18.6 Å². The van der Waals surface area contributed by atoms with Crippen molar-refractivity contribution in [2.45, 2.75) is 19.1 Å². The molecular weight excluding hydrogens is 267 g/mol. The van der Waals surface area contributed by atoms with Gasteiger partial charge in [0.15, 0.2) is 0 Å². The number of halogens is 1. The number of benzene rings is 1. The van der Waals surface area contributed by atoms with Crippen molar-refractivity contribution in [3.63, 3.8) is 0 Å². The molecule has 12 heavy (non-hydrogen) atoms. The van der Waals surface area contributed by atoms with Crippen molar-refractivity contribution in [1.82, 2.24) is 0 Å². The van der Waals surface area contributed by atoms with Crippen molar-refractivity contribution in [3.05, 3.63) is 33.4 Å². The van der Waals surface area contributed by atoms with Crippen LogP contribution in [-0.4, -0.2) is 16.3 Å². The van der Waals surface area contributed by atoms with Gasteiger partial charge in [0.2, 0.25) is 0 Å². The van der Waals surface area contributed by atoms with Gasteiger partial charge < -0.3 is 10.2 Å². The number of aliphatic hydroxyl groups is 2. The molecule has 2 atom stereocenters. The quantitative estimate of drug-likeness (QED) is 0.808. The number of hydrogen-bond donors (Lipinski definition) is 2. The molecule has 0 bridgehead atoms. The Morgan fingerprint density at radius 1 is 1.17 bits per heavy atom. The van der Waals surface area contributed by atoms with Crippen LogP contribution >= 0.6 is 22.6 Å². The van der Waals surface area contributed by atoms with Crippen LogP contribution in [0.4, 0.5) is 0 Å². The number of hydrogen-bond acceptors (Lipinski definition) is 2. The molecule has 3 heteroatoms. The topological polar surface area (TPSA) is 40.5 Å². The molecule has 0 aliphatic rings. The first-order valence-corrected chi connectivity index (χ1v) is 4.80. The SMILES string of the molecule is C[C@H](O)[C@@H](O)c1ccc(I)cc1. The van der Waals surface area contributed by atoms with Gasteiger partial charge in [0, 0.05) is 3.57 Å². The average Bonchev–Trinajstić information content (AvgIpc) is 2.04. The number of rotatable bonds is 2. The molecule has 2 N–H and O–H groups in total. The highest BCUT2D eigenvalue weighted by Gasteiger charge is 2.12. The Kier molecular flexibility index (Phi) is 3.49. The van der Waals surface area contributed by atoms with Crippen LogP contribution in [-0.2, 0) is 0 Å². The predicted octanol–water partition coefficient (Wildman–Crippen LogP) is 1.71. The number of aliphatic hydroxyl groups excluding tert-OH is 2. The third-order valence-electron chi connectivity index (χ3n) is 1.67. The van der Waals surface area contributed by atoms with E-state index in [1.807, 2.05) is 24.3 Å². The van der Waals surface area contributed by atoms with Crippen molar-refractivity contribution in [2.75, 3.05) is 0 Å². The summed E-state index contributed by atoms with van der Waals surface area (Å²) in [5.74, 6) is 0. The van der Waals surface area contributed by atoms with Gasteiger partial charge in [-0.25, -0.2) is 0 Å². The van der Waals surface area contributed by atoms with Crippen molar-refractivity contribution in [1.29, 1.82) is 0 Å². The van der Waals surface area contributed by atoms with Crippen LogP contribution < -0.4 is 0 Å². The zero-order valence-electron chi connectivity index (χ0n) is 6.74. The van der Waals surface area contributed by atoms with E-state index in [1.54, 1.807) is 6.92 Å². The first-order chi connectivity index (χ1) is 5.61. The summed E-state index contributed by atoms with van der Waals surface area (Å²) >= 11 is 2.19. The summed E-state index contributed by atoms with van der Waals surface area (Å²) in [6.07, 6.45) is -1.49. The second-order valence-corrected chi connectivity index (χ2v) is 3.98. The van der Waals surface area contributed by atoms with E-state index in [9.17, 15) is 5.11 Å². The zero-order chi connectivity index (χ0) is 9.14. The summed E-state index contributed by atoms with van der Waals surface area (Å²) in [6, 6.07) is 7.45. The van der Waals surface area contributed by atoms with Crippen LogP contribution in [0.3, 0.4) is 0 Å². The fourth-order valence-electron chi connectivity index (χ4n) is 0.938. The third kappa shape index (κ3) is 2.43. The average molecular weight is 278 g/mol. The fourth-order valence-corrected chi connectivity index (χ4v) is 1.30. The molecule has 0 heterocycles. The Balaban J connectivity index is 2.82. The Bertz CT molecular complexity index is 243. The van der Waals surface area contributed by atoms with E-state index in [1.165, 1.54) is 0 Å². The molecule has 0 amide bonds. The highest BCUT2D eigenvalue weighted by Crippen LogP contribution is 2.17. The standard InChI is InChI=1S/C9H11IO2/c1-6(11)9(12)7-2-4-8(10)5-3-7/h2-6,9,11-12H,1H3/t6-,9+/m0/s1. The van der Waals surface area contributed by atoms with Gasteiger partial charge in [-0.15, -0.1) is 0 Å². The Morgan fingerprint density at radius 3 is 2.08 bits per heavy atom. The maximum atomic E-state index is 9.44. The monoisotopic (exact) mass is 278 g/mol. The van der Waals surface area contributed by atoms with Crippen molar-refractivity contribution in [3.8, 4) is 0 Å². The molecular formula is C9H11IO2. The predicted molar refractivity (Wildman–Crippen MR) is 55.8 cm³/mol. The minimum Gasteiger partial charge on any atom is -0.390 e. The lowest BCUT2D eigenvalue weighted by Crippen LogP contribution is -2.13. The molecule has 0 saturated heterocycles. The smallest absolute Gasteiger partial charge is 0.105 e. The molecule has 0 aliphatic heterocycles. The van der Waals surface area contributed by atoms with E-state index in [4.69, 9.17) is 5.11 Å². The maximum Gasteiger partial charge on any atom is 0.105 e. The highest BCUT2D eigenvalue weighted by molar-refractivity contribution is 14.1. The van der Waals surface area contributed by atoms with Crippen molar-refractivity contribution in [2.24, 2.45) is 0 Å². The van der Waals surface area contributed by atoms with Gasteiger partial charge >= 0.3 is 0 Å². The van der Waals surface area contributed by atoms with Crippen LogP contribution in [0.25, 0.3) is 0 Å². The fraction of sp³-hybridized carbons (Fsp3) is 0.333. The minimum absolute atomic E-state index is 0.718. The largest absolute Gasteiger partial charge is 0.390 e. The molecule has 2 nitrogen and oxygen atoms in total. The Hall–Kier alpha value is -0.130. The highest BCUT2D eigenvalue weighted by atomic mass is 127. The van der Waals surface area contributed by atoms with Crippen molar-refractivity contribution >= 4 is 22.6 Å². The van der Waals surface area contributed by atoms with Gasteiger partial charge in [-0.05, 0) is 47.2 Å². The van der Waals surface area contributed by atoms with Gasteiger partial charge in [-0.3, -0.25) is 0 Å². The van der Waals surface area contributed by atoms with E-state index in [0.29, 0.717) is 0 Å². The van der Waals surface area contributed by atoms with Gasteiger partial charge in [-0.2, -0.15) is 0 Å². The summed E-state index contributed by atoms with van der Waals surface area (Å²) in [5.41, 5.74) is 0.755. The molecule has 1 aromatic carbocycles. The maximum absolute atomic E-state index is 9.44. The summed E-state index contributed by atoms with van der Waals surface area (Å²) < 4.78 is 1.12. The van der Waals surface area contributed by atoms with Crippen LogP contribution in [0.15, 0.2) is 24.3 Å². The Labute approximate surface area is 85.4 Å². The second-order valence-electron chi connectivity index (χ2n) is 2.74. The molecule has 66 valence electrons. The molecule has 0 saturated carbocycles. The van der Waals surface area contributed by atoms with Gasteiger partial charge in [0.05, 0.1) is 6.10 Å². The zero-order valence-corrected chi connectivity index (χ0v) is 8.89. The van der Waals surface area contributed by atoms with Crippen LogP contribution in [0, 0.1) is 3.57 Å². The first-order valence-electron chi connectivity index (χ1n) is 3.73. The molecule has 0 spiro atoms. The summed E-state index contributed by atoms with van der Waals surface area (Å²) in [6.45, 7) is 1.57. The van der Waals surface area contributed by atoms with E-state index < -0.39 is 12.2 Å². The van der Waals surface area contributed by atoms with Gasteiger partial charge in [0.1, 0.15) is 6.10 Å². The first kappa shape index (κ1) is 9.95. The normalized spacial score (nSPS) is 15.7. The van der Waals surface area contributed by atoms with Crippen molar-refractivity contribution < 1.29 is 10.2 Å². The minimum atomic E-state index is -0.776. The van der Waals surface area contributed by atoms with Crippen LogP contribution in [0.2, 0.25) is 0 Å². The molecule has 0 aliphatic carbocycles. The lowest BCUT2D eigenvalue weighted by Gasteiger charge is -2.13. The Morgan fingerprint density at radius 2 is 1.67 bits per heavy atom. The summed E-state index contributed by atoms with van der Waals surface area (Å²) in [4.78, 5) is 0. The van der Waals surface area contributed by atoms with Gasteiger partial charge in [-0.1, -0.05) is 12.1 Å². The van der Waals surface area contributed by atoms with E-state index in [0.717, 1.165) is 9.13 Å². The molecule has 0 radical (unpaired) electrons. The lowest BCUT2D eigenvalue weighted by molar-refractivity contribution is 0.0305.